The number of nitrogens with one attached hydrogen (secondary N) is 2. The molecule has 1 aromatic heterocycles. The number of allylic oxidation sites excluding steroid dienone is 1. The van der Waals surface area contributed by atoms with Crippen molar-refractivity contribution in [1.82, 2.24) is 24.9 Å². The van der Waals surface area contributed by atoms with Gasteiger partial charge in [0.1, 0.15) is 11.6 Å². The van der Waals surface area contributed by atoms with Gasteiger partial charge in [0.15, 0.2) is 5.82 Å². The predicted octanol–water partition coefficient (Wildman–Crippen LogP) is 4.27. The highest BCUT2D eigenvalue weighted by Crippen LogP contribution is 2.47. The number of benzene rings is 2. The lowest BCUT2D eigenvalue weighted by Gasteiger charge is -2.26. The lowest BCUT2D eigenvalue weighted by molar-refractivity contribution is -0.140. The van der Waals surface area contributed by atoms with Crippen molar-refractivity contribution in [3.8, 4) is 28.5 Å². The van der Waals surface area contributed by atoms with E-state index in [0.29, 0.717) is 36.8 Å². The maximum atomic E-state index is 14.1. The molecule has 0 bridgehead atoms. The summed E-state index contributed by atoms with van der Waals surface area (Å²) in [6.07, 6.45) is 7.57. The van der Waals surface area contributed by atoms with Crippen molar-refractivity contribution in [2.24, 2.45) is 17.8 Å². The van der Waals surface area contributed by atoms with Gasteiger partial charge in [-0.15, -0.1) is 0 Å². The van der Waals surface area contributed by atoms with Crippen LogP contribution in [0.1, 0.15) is 51.4 Å². The van der Waals surface area contributed by atoms with E-state index in [0.717, 1.165) is 30.4 Å². The molecule has 0 unspecified atom stereocenters. The van der Waals surface area contributed by atoms with Gasteiger partial charge in [-0.1, -0.05) is 72.8 Å². The first-order valence-electron chi connectivity index (χ1n) is 17.1. The number of ether oxygens (including phenoxy) is 1. The van der Waals surface area contributed by atoms with Crippen LogP contribution in [0.2, 0.25) is 0 Å². The van der Waals surface area contributed by atoms with Crippen molar-refractivity contribution in [2.45, 2.75) is 68.3 Å². The fourth-order valence-electron chi connectivity index (χ4n) is 7.02. The molecule has 3 fully saturated rings. The molecule has 5 atom stereocenters. The Bertz CT molecular complexity index is 1810. The van der Waals surface area contributed by atoms with Crippen LogP contribution in [0.25, 0.3) is 22.6 Å². The molecule has 3 saturated carbocycles. The van der Waals surface area contributed by atoms with Crippen molar-refractivity contribution < 1.29 is 27.5 Å². The summed E-state index contributed by atoms with van der Waals surface area (Å²) in [4.78, 5) is 52.8. The van der Waals surface area contributed by atoms with Gasteiger partial charge in [-0.3, -0.25) is 19.1 Å². The summed E-state index contributed by atoms with van der Waals surface area (Å²) in [5, 5.41) is 2.36. The molecule has 256 valence electrons. The first kappa shape index (κ1) is 32.9. The predicted molar refractivity (Wildman–Crippen MR) is 183 cm³/mol. The third kappa shape index (κ3) is 7.10. The minimum absolute atomic E-state index is 0.154. The molecule has 3 aliphatic carbocycles. The van der Waals surface area contributed by atoms with Crippen LogP contribution in [0.3, 0.4) is 0 Å². The minimum atomic E-state index is -3.82. The zero-order valence-electron chi connectivity index (χ0n) is 27.5. The van der Waals surface area contributed by atoms with Gasteiger partial charge in [-0.25, -0.2) is 13.4 Å². The van der Waals surface area contributed by atoms with E-state index in [-0.39, 0.29) is 31.1 Å². The van der Waals surface area contributed by atoms with Gasteiger partial charge in [0.2, 0.25) is 27.7 Å². The van der Waals surface area contributed by atoms with Crippen molar-refractivity contribution in [3.63, 3.8) is 0 Å². The fraction of sp³-hybridized carbons (Fsp3) is 0.432. The van der Waals surface area contributed by atoms with Crippen LogP contribution in [0.15, 0.2) is 78.9 Å². The number of carbonyl (C=O) groups excluding carboxylic acids is 3. The van der Waals surface area contributed by atoms with Gasteiger partial charge < -0.3 is 15.0 Å². The van der Waals surface area contributed by atoms with Crippen LogP contribution in [-0.4, -0.2) is 71.5 Å². The molecule has 0 radical (unpaired) electrons. The Morgan fingerprint density at radius 1 is 0.959 bits per heavy atom. The van der Waals surface area contributed by atoms with Gasteiger partial charge in [0.05, 0.1) is 22.8 Å². The molecule has 2 N–H and O–H groups in total. The lowest BCUT2D eigenvalue weighted by atomic mass is 9.93. The topological polar surface area (TPSA) is 148 Å². The number of fused-ring (bicyclic) bond motifs is 2. The number of amides is 3. The molecule has 2 heterocycles. The molecule has 12 heteroatoms. The number of aromatic nitrogens is 2. The molecule has 1 aliphatic heterocycles. The second-order valence-corrected chi connectivity index (χ2v) is 15.7. The SMILES string of the molecule is CN1CCCCC=C[C@@H]2C[C@@]2(C(=O)NS(=O)(=O)C2CC2)NC(=O)[C@@H]2C[C@@H](Oc3cc(-c4ccccc4)nc(-c4ccccc4)n3)C[C@H]2C1=O. The Morgan fingerprint density at radius 3 is 2.37 bits per heavy atom. The largest absolute Gasteiger partial charge is 0.474 e. The van der Waals surface area contributed by atoms with E-state index in [1.807, 2.05) is 72.8 Å². The van der Waals surface area contributed by atoms with E-state index in [1.165, 1.54) is 0 Å². The summed E-state index contributed by atoms with van der Waals surface area (Å²) >= 11 is 0. The van der Waals surface area contributed by atoms with Crippen molar-refractivity contribution in [1.29, 1.82) is 0 Å². The lowest BCUT2D eigenvalue weighted by Crippen LogP contribution is -2.54. The van der Waals surface area contributed by atoms with E-state index in [9.17, 15) is 22.8 Å². The molecule has 0 saturated heterocycles. The maximum absolute atomic E-state index is 14.1. The number of hydrogen-bond donors (Lipinski definition) is 2. The molecular weight excluding hydrogens is 643 g/mol. The fourth-order valence-corrected chi connectivity index (χ4v) is 8.38. The molecule has 11 nitrogen and oxygen atoms in total. The molecular formula is C37H41N5O6S. The summed E-state index contributed by atoms with van der Waals surface area (Å²) < 4.78 is 34.2. The minimum Gasteiger partial charge on any atom is -0.474 e. The Balaban J connectivity index is 1.17. The van der Waals surface area contributed by atoms with Crippen LogP contribution in [-0.2, 0) is 24.4 Å². The normalized spacial score (nSPS) is 27.3. The monoisotopic (exact) mass is 683 g/mol. The average molecular weight is 684 g/mol. The van der Waals surface area contributed by atoms with Crippen molar-refractivity contribution >= 4 is 27.7 Å². The Morgan fingerprint density at radius 2 is 1.65 bits per heavy atom. The molecule has 7 rings (SSSR count). The highest BCUT2D eigenvalue weighted by atomic mass is 32.2. The third-order valence-corrected chi connectivity index (χ3v) is 11.9. The third-order valence-electron chi connectivity index (χ3n) is 10.1. The van der Waals surface area contributed by atoms with E-state index in [4.69, 9.17) is 14.7 Å². The summed E-state index contributed by atoms with van der Waals surface area (Å²) in [7, 11) is -2.06. The molecule has 0 spiro atoms. The Kier molecular flexibility index (Phi) is 8.99. The number of nitrogens with zero attached hydrogens (tertiary/aromatic N) is 3. The van der Waals surface area contributed by atoms with E-state index in [2.05, 4.69) is 10.0 Å². The van der Waals surface area contributed by atoms with Gasteiger partial charge in [0, 0.05) is 36.7 Å². The number of hydrogen-bond acceptors (Lipinski definition) is 8. The molecule has 4 aliphatic rings. The number of sulfonamides is 1. The number of rotatable bonds is 7. The van der Waals surface area contributed by atoms with Gasteiger partial charge >= 0.3 is 0 Å². The molecule has 3 amide bonds. The van der Waals surface area contributed by atoms with Gasteiger partial charge in [-0.2, -0.15) is 4.98 Å². The Hall–Kier alpha value is -4.58. The van der Waals surface area contributed by atoms with Gasteiger partial charge in [0.25, 0.3) is 5.91 Å². The van der Waals surface area contributed by atoms with Crippen molar-refractivity contribution in [3.05, 3.63) is 78.9 Å². The van der Waals surface area contributed by atoms with E-state index in [1.54, 1.807) is 18.0 Å². The van der Waals surface area contributed by atoms with E-state index < -0.39 is 50.6 Å². The van der Waals surface area contributed by atoms with Crippen LogP contribution in [0, 0.1) is 17.8 Å². The summed E-state index contributed by atoms with van der Waals surface area (Å²) in [5.74, 6) is -2.33. The smallest absolute Gasteiger partial charge is 0.259 e. The maximum Gasteiger partial charge on any atom is 0.259 e. The summed E-state index contributed by atoms with van der Waals surface area (Å²) in [5.41, 5.74) is 1.00. The molecule has 3 aromatic rings. The highest BCUT2D eigenvalue weighted by molar-refractivity contribution is 7.91. The summed E-state index contributed by atoms with van der Waals surface area (Å²) in [6, 6.07) is 21.1. The summed E-state index contributed by atoms with van der Waals surface area (Å²) in [6.45, 7) is 0.560. The highest BCUT2D eigenvalue weighted by Gasteiger charge is 2.62. The first-order valence-corrected chi connectivity index (χ1v) is 18.6. The molecule has 49 heavy (non-hydrogen) atoms. The first-order chi connectivity index (χ1) is 23.6. The van der Waals surface area contributed by atoms with Crippen molar-refractivity contribution in [2.75, 3.05) is 13.6 Å². The zero-order chi connectivity index (χ0) is 34.2. The molecule has 2 aromatic carbocycles. The van der Waals surface area contributed by atoms with Crippen LogP contribution in [0.4, 0.5) is 0 Å². The second-order valence-electron chi connectivity index (χ2n) is 13.7. The second kappa shape index (κ2) is 13.4. The quantitative estimate of drug-likeness (QED) is 0.351. The number of carbonyl (C=O) groups is 3. The van der Waals surface area contributed by atoms with E-state index >= 15 is 0 Å². The van der Waals surface area contributed by atoms with Crippen LogP contribution in [0.5, 0.6) is 5.88 Å². The standard InChI is InChI=1S/C37H41N5O6S/c1-42-19-11-3-2-10-16-26-23-37(26,36(45)41-49(46,47)28-17-18-28)40-34(43)29-20-27(21-30(29)35(42)44)48-32-22-31(24-12-6-4-7-13-24)38-33(39-32)25-14-8-5-9-15-25/h4-10,12-16,22,26-30H,2-3,11,17-21,23H2,1H3,(H,40,43)(H,41,45)/t26-,27-,29-,30-,37-/m1/s1. The van der Waals surface area contributed by atoms with Gasteiger partial charge in [-0.05, 0) is 51.4 Å². The zero-order valence-corrected chi connectivity index (χ0v) is 28.3. The van der Waals surface area contributed by atoms with Crippen LogP contribution < -0.4 is 14.8 Å². The van der Waals surface area contributed by atoms with Crippen LogP contribution >= 0.6 is 0 Å². The Labute approximate surface area is 286 Å². The average Bonchev–Trinajstić information content (AvgIpc) is 4.03.